The van der Waals surface area contributed by atoms with Gasteiger partial charge in [0.1, 0.15) is 0 Å². The van der Waals surface area contributed by atoms with Crippen molar-refractivity contribution < 1.29 is 9.59 Å². The quantitative estimate of drug-likeness (QED) is 0.784. The van der Waals surface area contributed by atoms with Gasteiger partial charge in [0.2, 0.25) is 5.91 Å². The fraction of sp³-hybridized carbons (Fsp3) is 0.308. The van der Waals surface area contributed by atoms with E-state index in [4.69, 9.17) is 0 Å². The highest BCUT2D eigenvalue weighted by atomic mass is 32.1. The number of H-pyrrole nitrogens is 1. The Bertz CT molecular complexity index is 616. The molecule has 2 heterocycles. The lowest BCUT2D eigenvalue weighted by molar-refractivity contribution is -0.117. The van der Waals surface area contributed by atoms with Gasteiger partial charge in [-0.1, -0.05) is 0 Å². The molecule has 0 aliphatic heterocycles. The van der Waals surface area contributed by atoms with E-state index in [9.17, 15) is 9.59 Å². The molecule has 2 aromatic heterocycles. The van der Waals surface area contributed by atoms with Gasteiger partial charge in [-0.3, -0.25) is 9.59 Å². The first kappa shape index (κ1) is 12.9. The molecule has 0 saturated heterocycles. The van der Waals surface area contributed by atoms with Gasteiger partial charge in [0.25, 0.3) is 5.91 Å². The third-order valence-electron chi connectivity index (χ3n) is 3.02. The molecular formula is C13H14N4O2S. The van der Waals surface area contributed by atoms with Crippen LogP contribution in [0.2, 0.25) is 0 Å². The molecule has 1 saturated carbocycles. The predicted octanol–water partition coefficient (Wildman–Crippen LogP) is 1.75. The number of carbonyl (C=O) groups excluding carboxylic acids is 2. The van der Waals surface area contributed by atoms with Crippen LogP contribution in [0.4, 0.5) is 5.00 Å². The summed E-state index contributed by atoms with van der Waals surface area (Å²) in [5.41, 5.74) is 0.845. The van der Waals surface area contributed by atoms with E-state index in [2.05, 4.69) is 20.6 Å². The fourth-order valence-corrected chi connectivity index (χ4v) is 2.57. The molecule has 0 radical (unpaired) electrons. The molecule has 0 spiro atoms. The minimum absolute atomic E-state index is 0.0521. The number of thiophene rings is 1. The second-order valence-electron chi connectivity index (χ2n) is 4.69. The average molecular weight is 290 g/mol. The Kier molecular flexibility index (Phi) is 3.51. The third-order valence-corrected chi connectivity index (χ3v) is 4.02. The molecule has 7 heteroatoms. The molecule has 0 aromatic carbocycles. The normalized spacial score (nSPS) is 14.0. The first-order valence-electron chi connectivity index (χ1n) is 6.38. The van der Waals surface area contributed by atoms with Crippen LogP contribution < -0.4 is 10.6 Å². The number of nitrogens with zero attached hydrogens (tertiary/aromatic N) is 1. The average Bonchev–Trinajstić information content (AvgIpc) is 2.98. The van der Waals surface area contributed by atoms with Gasteiger partial charge in [-0.05, 0) is 25.0 Å². The van der Waals surface area contributed by atoms with Gasteiger partial charge in [0.15, 0.2) is 0 Å². The van der Waals surface area contributed by atoms with Crippen molar-refractivity contribution in [1.29, 1.82) is 0 Å². The van der Waals surface area contributed by atoms with Crippen LogP contribution in [0.25, 0.3) is 0 Å². The maximum Gasteiger partial charge on any atom is 0.261 e. The van der Waals surface area contributed by atoms with Crippen molar-refractivity contribution >= 4 is 28.2 Å². The number of carbonyl (C=O) groups is 2. The Morgan fingerprint density at radius 1 is 1.40 bits per heavy atom. The number of aromatic nitrogens is 2. The predicted molar refractivity (Wildman–Crippen MR) is 75.4 cm³/mol. The van der Waals surface area contributed by atoms with Gasteiger partial charge < -0.3 is 15.6 Å². The molecule has 0 atom stereocenters. The molecule has 0 bridgehead atoms. The summed E-state index contributed by atoms with van der Waals surface area (Å²) in [5.74, 6) is 0.0579. The van der Waals surface area contributed by atoms with Gasteiger partial charge in [0.05, 0.1) is 28.4 Å². The number of rotatable bonds is 5. The van der Waals surface area contributed by atoms with Crippen molar-refractivity contribution in [3.63, 3.8) is 0 Å². The lowest BCUT2D eigenvalue weighted by Crippen LogP contribution is -2.21. The van der Waals surface area contributed by atoms with Gasteiger partial charge in [-0.15, -0.1) is 11.3 Å². The van der Waals surface area contributed by atoms with Crippen LogP contribution in [0.3, 0.4) is 0 Å². The number of imidazole rings is 1. The molecular weight excluding hydrogens is 276 g/mol. The summed E-state index contributed by atoms with van der Waals surface area (Å²) in [4.78, 5) is 30.9. The summed E-state index contributed by atoms with van der Waals surface area (Å²) in [6.07, 6.45) is 5.16. The monoisotopic (exact) mass is 290 g/mol. The van der Waals surface area contributed by atoms with Crippen LogP contribution in [0.15, 0.2) is 24.7 Å². The van der Waals surface area contributed by atoms with Gasteiger partial charge in [-0.25, -0.2) is 4.98 Å². The minimum atomic E-state index is -0.156. The number of hydrogen-bond donors (Lipinski definition) is 3. The van der Waals surface area contributed by atoms with Crippen molar-refractivity contribution in [2.45, 2.75) is 19.4 Å². The van der Waals surface area contributed by atoms with Crippen LogP contribution in [-0.2, 0) is 11.3 Å². The smallest absolute Gasteiger partial charge is 0.261 e. The topological polar surface area (TPSA) is 86.9 Å². The Morgan fingerprint density at radius 3 is 2.95 bits per heavy atom. The molecule has 3 rings (SSSR count). The van der Waals surface area contributed by atoms with Crippen molar-refractivity contribution in [2.24, 2.45) is 5.92 Å². The molecule has 6 nitrogen and oxygen atoms in total. The van der Waals surface area contributed by atoms with E-state index in [0.29, 0.717) is 16.4 Å². The zero-order chi connectivity index (χ0) is 13.9. The fourth-order valence-electron chi connectivity index (χ4n) is 1.74. The molecule has 0 unspecified atom stereocenters. The summed E-state index contributed by atoms with van der Waals surface area (Å²) >= 11 is 1.28. The summed E-state index contributed by atoms with van der Waals surface area (Å²) in [6, 6.07) is 3.48. The second-order valence-corrected chi connectivity index (χ2v) is 5.77. The van der Waals surface area contributed by atoms with E-state index in [0.717, 1.165) is 18.5 Å². The number of hydrogen-bond acceptors (Lipinski definition) is 4. The summed E-state index contributed by atoms with van der Waals surface area (Å²) in [5, 5.41) is 6.34. The maximum atomic E-state index is 11.9. The van der Waals surface area contributed by atoms with Crippen LogP contribution in [0.5, 0.6) is 0 Å². The van der Waals surface area contributed by atoms with E-state index in [1.165, 1.54) is 11.3 Å². The first-order valence-corrected chi connectivity index (χ1v) is 7.20. The molecule has 104 valence electrons. The van der Waals surface area contributed by atoms with E-state index >= 15 is 0 Å². The summed E-state index contributed by atoms with van der Waals surface area (Å²) in [6.45, 7) is 0.403. The number of aromatic amines is 1. The van der Waals surface area contributed by atoms with Crippen molar-refractivity contribution in [2.75, 3.05) is 5.32 Å². The summed E-state index contributed by atoms with van der Waals surface area (Å²) < 4.78 is 0. The highest BCUT2D eigenvalue weighted by molar-refractivity contribution is 7.18. The second kappa shape index (κ2) is 5.46. The highest BCUT2D eigenvalue weighted by Gasteiger charge is 2.29. The largest absolute Gasteiger partial charge is 0.347 e. The number of amides is 2. The summed E-state index contributed by atoms with van der Waals surface area (Å²) in [7, 11) is 0. The van der Waals surface area contributed by atoms with Crippen molar-refractivity contribution in [3.8, 4) is 0 Å². The Morgan fingerprint density at radius 2 is 2.25 bits per heavy atom. The van der Waals surface area contributed by atoms with E-state index in [1.54, 1.807) is 24.7 Å². The zero-order valence-electron chi connectivity index (χ0n) is 10.7. The van der Waals surface area contributed by atoms with E-state index < -0.39 is 0 Å². The zero-order valence-corrected chi connectivity index (χ0v) is 11.5. The van der Waals surface area contributed by atoms with E-state index in [1.807, 2.05) is 0 Å². The minimum Gasteiger partial charge on any atom is -0.347 e. The van der Waals surface area contributed by atoms with Gasteiger partial charge in [-0.2, -0.15) is 0 Å². The van der Waals surface area contributed by atoms with Crippen molar-refractivity contribution in [1.82, 2.24) is 15.3 Å². The lowest BCUT2D eigenvalue weighted by atomic mass is 10.4. The van der Waals surface area contributed by atoms with Crippen LogP contribution in [-0.4, -0.2) is 21.8 Å². The molecule has 1 fully saturated rings. The maximum absolute atomic E-state index is 11.9. The Balaban J connectivity index is 1.55. The van der Waals surface area contributed by atoms with Gasteiger partial charge >= 0.3 is 0 Å². The first-order chi connectivity index (χ1) is 9.72. The molecule has 1 aliphatic rings. The molecule has 20 heavy (non-hydrogen) atoms. The standard InChI is InChI=1S/C13H14N4O2S/c18-12(8-1-2-8)17-11-4-3-10(20-11)13(19)15-6-9-5-14-7-16-9/h3-5,7-8H,1-2,6H2,(H,14,16)(H,15,19)(H,17,18). The molecule has 2 aromatic rings. The van der Waals surface area contributed by atoms with Crippen LogP contribution in [0, 0.1) is 5.92 Å². The molecule has 1 aliphatic carbocycles. The van der Waals surface area contributed by atoms with Crippen LogP contribution in [0.1, 0.15) is 28.2 Å². The van der Waals surface area contributed by atoms with E-state index in [-0.39, 0.29) is 17.7 Å². The highest BCUT2D eigenvalue weighted by Crippen LogP contribution is 2.31. The number of anilines is 1. The molecule has 3 N–H and O–H groups in total. The number of nitrogens with one attached hydrogen (secondary N) is 3. The third kappa shape index (κ3) is 3.05. The molecule has 2 amide bonds. The van der Waals surface area contributed by atoms with Gasteiger partial charge in [0, 0.05) is 12.1 Å². The lowest BCUT2D eigenvalue weighted by Gasteiger charge is -2.01. The Labute approximate surface area is 119 Å². The van der Waals surface area contributed by atoms with Crippen LogP contribution >= 0.6 is 11.3 Å². The Hall–Kier alpha value is -2.15. The SMILES string of the molecule is O=C(NCc1cnc[nH]1)c1ccc(NC(=O)C2CC2)s1. The van der Waals surface area contributed by atoms with Crippen molar-refractivity contribution in [3.05, 3.63) is 35.2 Å².